The molecule has 0 atom stereocenters. The molecule has 6 nitrogen and oxygen atoms in total. The van der Waals surface area contributed by atoms with E-state index in [1.807, 2.05) is 13.0 Å². The highest BCUT2D eigenvalue weighted by molar-refractivity contribution is 5.92. The second kappa shape index (κ2) is 8.22. The van der Waals surface area contributed by atoms with Gasteiger partial charge in [0.05, 0.1) is 6.54 Å². The Kier molecular flexibility index (Phi) is 6.02. The Balaban J connectivity index is 1.79. The van der Waals surface area contributed by atoms with Gasteiger partial charge >= 0.3 is 6.03 Å². The minimum absolute atomic E-state index is 0.0116. The summed E-state index contributed by atoms with van der Waals surface area (Å²) in [6.45, 7) is 7.66. The van der Waals surface area contributed by atoms with Crippen molar-refractivity contribution in [1.29, 1.82) is 0 Å². The van der Waals surface area contributed by atoms with Crippen LogP contribution in [-0.4, -0.2) is 43.1 Å². The van der Waals surface area contributed by atoms with Crippen molar-refractivity contribution in [1.82, 2.24) is 10.2 Å². The highest BCUT2D eigenvalue weighted by Crippen LogP contribution is 2.17. The van der Waals surface area contributed by atoms with Crippen LogP contribution in [0.3, 0.4) is 0 Å². The molecule has 0 radical (unpaired) electrons. The predicted octanol–water partition coefficient (Wildman–Crippen LogP) is 2.39. The second-order valence-corrected chi connectivity index (χ2v) is 5.67. The molecule has 2 N–H and O–H groups in total. The van der Waals surface area contributed by atoms with Gasteiger partial charge in [-0.3, -0.25) is 4.79 Å². The summed E-state index contributed by atoms with van der Waals surface area (Å²) < 4.78 is 5.52. The number of hydrogen-bond acceptors (Lipinski definition) is 3. The highest BCUT2D eigenvalue weighted by atomic mass is 16.5. The van der Waals surface area contributed by atoms with Gasteiger partial charge in [-0.1, -0.05) is 12.6 Å². The van der Waals surface area contributed by atoms with Crippen molar-refractivity contribution < 1.29 is 14.3 Å². The summed E-state index contributed by atoms with van der Waals surface area (Å²) in [5.41, 5.74) is 1.52. The first kappa shape index (κ1) is 16.9. The number of urea groups is 1. The van der Waals surface area contributed by atoms with Crippen molar-refractivity contribution in [3.63, 3.8) is 0 Å². The SMILES string of the molecule is C=C(C)COc1cccc(NC(=O)NCC(=O)N2CCCC2)c1. The fraction of sp³-hybridized carbons (Fsp3) is 0.412. The normalized spacial score (nSPS) is 13.5. The molecule has 1 heterocycles. The van der Waals surface area contributed by atoms with Crippen LogP contribution in [-0.2, 0) is 4.79 Å². The summed E-state index contributed by atoms with van der Waals surface area (Å²) in [7, 11) is 0. The van der Waals surface area contributed by atoms with Crippen molar-refractivity contribution >= 4 is 17.6 Å². The standard InChI is InChI=1S/C17H23N3O3/c1-13(2)12-23-15-7-5-6-14(10-15)19-17(22)18-11-16(21)20-8-3-4-9-20/h5-7,10H,1,3-4,8-9,11-12H2,2H3,(H2,18,19,22). The first-order valence-electron chi connectivity index (χ1n) is 7.74. The summed E-state index contributed by atoms with van der Waals surface area (Å²) >= 11 is 0. The van der Waals surface area contributed by atoms with Crippen molar-refractivity contribution in [2.75, 3.05) is 31.6 Å². The lowest BCUT2D eigenvalue weighted by Crippen LogP contribution is -2.40. The maximum Gasteiger partial charge on any atom is 0.319 e. The van der Waals surface area contributed by atoms with E-state index >= 15 is 0 Å². The predicted molar refractivity (Wildman–Crippen MR) is 89.6 cm³/mol. The van der Waals surface area contributed by atoms with Crippen molar-refractivity contribution in [2.24, 2.45) is 0 Å². The van der Waals surface area contributed by atoms with E-state index in [-0.39, 0.29) is 12.5 Å². The van der Waals surface area contributed by atoms with E-state index in [0.29, 0.717) is 18.0 Å². The Bertz CT molecular complexity index is 580. The maximum absolute atomic E-state index is 11.9. The number of rotatable bonds is 6. The van der Waals surface area contributed by atoms with E-state index in [4.69, 9.17) is 4.74 Å². The topological polar surface area (TPSA) is 70.7 Å². The molecule has 1 aliphatic rings. The molecule has 1 aliphatic heterocycles. The third-order valence-corrected chi connectivity index (χ3v) is 3.44. The molecule has 0 bridgehead atoms. The van der Waals surface area contributed by atoms with Gasteiger partial charge < -0.3 is 20.3 Å². The van der Waals surface area contributed by atoms with E-state index in [0.717, 1.165) is 31.5 Å². The summed E-state index contributed by atoms with van der Waals surface area (Å²) in [4.78, 5) is 25.5. The molecule has 23 heavy (non-hydrogen) atoms. The van der Waals surface area contributed by atoms with Gasteiger partial charge in [0.1, 0.15) is 12.4 Å². The van der Waals surface area contributed by atoms with Crippen molar-refractivity contribution in [3.8, 4) is 5.75 Å². The average Bonchev–Trinajstić information content (AvgIpc) is 3.05. The summed E-state index contributed by atoms with van der Waals surface area (Å²) in [6.07, 6.45) is 2.07. The molecule has 3 amide bonds. The molecule has 0 aromatic heterocycles. The van der Waals surface area contributed by atoms with Crippen molar-refractivity contribution in [2.45, 2.75) is 19.8 Å². The Morgan fingerprint density at radius 3 is 2.74 bits per heavy atom. The van der Waals surface area contributed by atoms with Gasteiger partial charge in [-0.2, -0.15) is 0 Å². The van der Waals surface area contributed by atoms with Gasteiger partial charge in [-0.25, -0.2) is 4.79 Å². The fourth-order valence-electron chi connectivity index (χ4n) is 2.28. The molecule has 1 saturated heterocycles. The third-order valence-electron chi connectivity index (χ3n) is 3.44. The number of likely N-dealkylation sites (tertiary alicyclic amines) is 1. The van der Waals surface area contributed by atoms with Crippen LogP contribution in [0.2, 0.25) is 0 Å². The Labute approximate surface area is 136 Å². The van der Waals surface area contributed by atoms with Gasteiger partial charge in [-0.05, 0) is 37.5 Å². The molecule has 0 spiro atoms. The number of benzene rings is 1. The molecule has 124 valence electrons. The van der Waals surface area contributed by atoms with Crippen LogP contribution in [0.4, 0.5) is 10.5 Å². The molecule has 1 aromatic rings. The van der Waals surface area contributed by atoms with Crippen LogP contribution in [0, 0.1) is 0 Å². The molecule has 0 aliphatic carbocycles. The minimum Gasteiger partial charge on any atom is -0.489 e. The number of carbonyl (C=O) groups is 2. The van der Waals surface area contributed by atoms with Gasteiger partial charge in [0, 0.05) is 24.8 Å². The zero-order valence-corrected chi connectivity index (χ0v) is 13.4. The molecular weight excluding hydrogens is 294 g/mol. The molecule has 0 unspecified atom stereocenters. The van der Waals surface area contributed by atoms with Gasteiger partial charge in [0.15, 0.2) is 0 Å². The third kappa shape index (κ3) is 5.65. The Hall–Kier alpha value is -2.50. The average molecular weight is 317 g/mol. The number of nitrogens with zero attached hydrogens (tertiary/aromatic N) is 1. The van der Waals surface area contributed by atoms with Crippen LogP contribution in [0.1, 0.15) is 19.8 Å². The highest BCUT2D eigenvalue weighted by Gasteiger charge is 2.18. The number of carbonyl (C=O) groups excluding carboxylic acids is 2. The molecule has 0 saturated carbocycles. The number of ether oxygens (including phenoxy) is 1. The quantitative estimate of drug-likeness (QED) is 0.791. The van der Waals surface area contributed by atoms with E-state index in [1.165, 1.54) is 0 Å². The lowest BCUT2D eigenvalue weighted by molar-refractivity contribution is -0.128. The van der Waals surface area contributed by atoms with Gasteiger partial charge in [0.2, 0.25) is 5.91 Å². The zero-order valence-electron chi connectivity index (χ0n) is 13.4. The van der Waals surface area contributed by atoms with Crippen LogP contribution in [0.5, 0.6) is 5.75 Å². The largest absolute Gasteiger partial charge is 0.489 e. The first-order valence-corrected chi connectivity index (χ1v) is 7.74. The molecule has 2 rings (SSSR count). The smallest absolute Gasteiger partial charge is 0.319 e. The number of hydrogen-bond donors (Lipinski definition) is 2. The van der Waals surface area contributed by atoms with Crippen molar-refractivity contribution in [3.05, 3.63) is 36.4 Å². The van der Waals surface area contributed by atoms with Gasteiger partial charge in [-0.15, -0.1) is 0 Å². The van der Waals surface area contributed by atoms with E-state index in [2.05, 4.69) is 17.2 Å². The molecule has 6 heteroatoms. The first-order chi connectivity index (χ1) is 11.0. The Morgan fingerprint density at radius 2 is 2.04 bits per heavy atom. The zero-order chi connectivity index (χ0) is 16.7. The van der Waals surface area contributed by atoms with Crippen LogP contribution < -0.4 is 15.4 Å². The minimum atomic E-state index is -0.408. The maximum atomic E-state index is 11.9. The lowest BCUT2D eigenvalue weighted by atomic mass is 10.3. The molecule has 1 fully saturated rings. The summed E-state index contributed by atoms with van der Waals surface area (Å²) in [5.74, 6) is 0.607. The molecule has 1 aromatic carbocycles. The van der Waals surface area contributed by atoms with Gasteiger partial charge in [0.25, 0.3) is 0 Å². The fourth-order valence-corrected chi connectivity index (χ4v) is 2.28. The monoisotopic (exact) mass is 317 g/mol. The second-order valence-electron chi connectivity index (χ2n) is 5.67. The summed E-state index contributed by atoms with van der Waals surface area (Å²) in [6, 6.07) is 6.68. The number of amides is 3. The summed E-state index contributed by atoms with van der Waals surface area (Å²) in [5, 5.41) is 5.27. The van der Waals surface area contributed by atoms with E-state index in [9.17, 15) is 9.59 Å². The Morgan fingerprint density at radius 1 is 1.30 bits per heavy atom. The van der Waals surface area contributed by atoms with E-state index < -0.39 is 6.03 Å². The van der Waals surface area contributed by atoms with Crippen LogP contribution in [0.15, 0.2) is 36.4 Å². The lowest BCUT2D eigenvalue weighted by Gasteiger charge is -2.15. The number of anilines is 1. The van der Waals surface area contributed by atoms with Crippen LogP contribution in [0.25, 0.3) is 0 Å². The number of nitrogens with one attached hydrogen (secondary N) is 2. The van der Waals surface area contributed by atoms with E-state index in [1.54, 1.807) is 23.1 Å². The molecular formula is C17H23N3O3. The van der Waals surface area contributed by atoms with Crippen LogP contribution >= 0.6 is 0 Å².